The van der Waals surface area contributed by atoms with E-state index in [1.807, 2.05) is 0 Å². The molecule has 7 heteroatoms. The molecule has 1 atom stereocenters. The van der Waals surface area contributed by atoms with Crippen LogP contribution in [0.4, 0.5) is 0 Å². The van der Waals surface area contributed by atoms with Crippen LogP contribution in [-0.4, -0.2) is 44.5 Å². The highest BCUT2D eigenvalue weighted by molar-refractivity contribution is 5.95. The highest BCUT2D eigenvalue weighted by Gasteiger charge is 2.15. The minimum Gasteiger partial charge on any atom is -0.479 e. The van der Waals surface area contributed by atoms with E-state index >= 15 is 0 Å². The molecule has 0 aliphatic carbocycles. The van der Waals surface area contributed by atoms with E-state index in [0.717, 1.165) is 5.69 Å². The molecule has 94 valence electrons. The first-order valence-corrected chi connectivity index (χ1v) is 5.11. The molecule has 1 amide bonds. The van der Waals surface area contributed by atoms with Crippen LogP contribution < -0.4 is 5.32 Å². The number of aliphatic carboxylic acids is 1. The summed E-state index contributed by atoms with van der Waals surface area (Å²) in [5.74, 6) is -1.62. The highest BCUT2D eigenvalue weighted by atomic mass is 16.4. The molecule has 0 aromatic carbocycles. The highest BCUT2D eigenvalue weighted by Crippen LogP contribution is 2.04. The summed E-state index contributed by atoms with van der Waals surface area (Å²) in [5.41, 5.74) is 1.17. The van der Waals surface area contributed by atoms with Crippen LogP contribution in [0.2, 0.25) is 0 Å². The normalized spacial score (nSPS) is 12.2. The number of carboxylic acids is 1. The van der Waals surface area contributed by atoms with Crippen molar-refractivity contribution in [1.29, 1.82) is 0 Å². The molecule has 17 heavy (non-hydrogen) atoms. The fraction of sp³-hybridized carbons (Fsp3) is 0.500. The number of aliphatic hydroxyl groups is 1. The van der Waals surface area contributed by atoms with Crippen LogP contribution in [0.15, 0.2) is 6.20 Å². The Bertz CT molecular complexity index is 427. The third kappa shape index (κ3) is 3.28. The molecule has 1 unspecified atom stereocenters. The summed E-state index contributed by atoms with van der Waals surface area (Å²) >= 11 is 0. The molecule has 0 aliphatic heterocycles. The van der Waals surface area contributed by atoms with Crippen molar-refractivity contribution in [3.05, 3.63) is 17.5 Å². The fourth-order valence-electron chi connectivity index (χ4n) is 1.26. The molecule has 1 heterocycles. The van der Waals surface area contributed by atoms with Crippen LogP contribution in [-0.2, 0) is 11.8 Å². The maximum Gasteiger partial charge on any atom is 0.332 e. The molecular formula is C10H15N3O4. The second-order valence-corrected chi connectivity index (χ2v) is 3.67. The monoisotopic (exact) mass is 241 g/mol. The molecule has 0 saturated heterocycles. The number of aliphatic hydroxyl groups excluding tert-OH is 1. The van der Waals surface area contributed by atoms with Crippen LogP contribution in [0.1, 0.15) is 22.5 Å². The molecule has 0 fully saturated rings. The second kappa shape index (κ2) is 5.44. The van der Waals surface area contributed by atoms with E-state index < -0.39 is 12.1 Å². The lowest BCUT2D eigenvalue weighted by Crippen LogP contribution is -2.30. The SMILES string of the molecule is Cc1c(C(=O)NCCC(O)C(=O)O)cnn1C. The van der Waals surface area contributed by atoms with E-state index in [1.54, 1.807) is 18.7 Å². The van der Waals surface area contributed by atoms with Gasteiger partial charge < -0.3 is 15.5 Å². The number of carbonyl (C=O) groups is 2. The van der Waals surface area contributed by atoms with Crippen molar-refractivity contribution < 1.29 is 19.8 Å². The zero-order valence-corrected chi connectivity index (χ0v) is 9.67. The van der Waals surface area contributed by atoms with Gasteiger partial charge in [0, 0.05) is 25.7 Å². The summed E-state index contributed by atoms with van der Waals surface area (Å²) in [6.45, 7) is 1.86. The summed E-state index contributed by atoms with van der Waals surface area (Å²) in [4.78, 5) is 22.0. The average molecular weight is 241 g/mol. The Morgan fingerprint density at radius 1 is 1.59 bits per heavy atom. The average Bonchev–Trinajstić information content (AvgIpc) is 2.59. The lowest BCUT2D eigenvalue weighted by molar-refractivity contribution is -0.146. The lowest BCUT2D eigenvalue weighted by Gasteiger charge is -2.07. The molecule has 0 saturated carbocycles. The van der Waals surface area contributed by atoms with Gasteiger partial charge >= 0.3 is 5.97 Å². The molecule has 0 aliphatic rings. The van der Waals surface area contributed by atoms with Crippen LogP contribution in [0.25, 0.3) is 0 Å². The number of rotatable bonds is 5. The number of hydrogen-bond donors (Lipinski definition) is 3. The number of aromatic nitrogens is 2. The predicted molar refractivity (Wildman–Crippen MR) is 58.5 cm³/mol. The first-order valence-electron chi connectivity index (χ1n) is 5.11. The Morgan fingerprint density at radius 2 is 2.24 bits per heavy atom. The van der Waals surface area contributed by atoms with Gasteiger partial charge in [-0.3, -0.25) is 9.48 Å². The quantitative estimate of drug-likeness (QED) is 0.632. The second-order valence-electron chi connectivity index (χ2n) is 3.67. The van der Waals surface area contributed by atoms with E-state index in [9.17, 15) is 9.59 Å². The minimum atomic E-state index is -1.45. The maximum absolute atomic E-state index is 11.6. The molecule has 7 nitrogen and oxygen atoms in total. The summed E-state index contributed by atoms with van der Waals surface area (Å²) in [6.07, 6.45) is -0.0381. The molecule has 0 bridgehead atoms. The largest absolute Gasteiger partial charge is 0.479 e. The fourth-order valence-corrected chi connectivity index (χ4v) is 1.26. The molecular weight excluding hydrogens is 226 g/mol. The third-order valence-corrected chi connectivity index (χ3v) is 2.47. The number of carbonyl (C=O) groups excluding carboxylic acids is 1. The van der Waals surface area contributed by atoms with Crippen LogP contribution in [0.3, 0.4) is 0 Å². The number of amides is 1. The smallest absolute Gasteiger partial charge is 0.332 e. The van der Waals surface area contributed by atoms with Crippen molar-refractivity contribution in [1.82, 2.24) is 15.1 Å². The Hall–Kier alpha value is -1.89. The van der Waals surface area contributed by atoms with Crippen molar-refractivity contribution in [2.24, 2.45) is 7.05 Å². The summed E-state index contributed by atoms with van der Waals surface area (Å²) in [6, 6.07) is 0. The van der Waals surface area contributed by atoms with Gasteiger partial charge in [-0.15, -0.1) is 0 Å². The Kier molecular flexibility index (Phi) is 4.22. The number of hydrogen-bond acceptors (Lipinski definition) is 4. The van der Waals surface area contributed by atoms with Gasteiger partial charge in [-0.1, -0.05) is 0 Å². The molecule has 0 radical (unpaired) electrons. The van der Waals surface area contributed by atoms with Gasteiger partial charge in [-0.25, -0.2) is 4.79 Å². The van der Waals surface area contributed by atoms with Crippen LogP contribution in [0, 0.1) is 6.92 Å². The van der Waals surface area contributed by atoms with Crippen molar-refractivity contribution in [3.63, 3.8) is 0 Å². The molecule has 1 aromatic heterocycles. The van der Waals surface area contributed by atoms with Gasteiger partial charge in [0.15, 0.2) is 6.10 Å². The Labute approximate surface area is 98.1 Å². The van der Waals surface area contributed by atoms with Gasteiger partial charge in [0.1, 0.15) is 0 Å². The summed E-state index contributed by atoms with van der Waals surface area (Å²) in [7, 11) is 1.72. The van der Waals surface area contributed by atoms with Gasteiger partial charge in [-0.2, -0.15) is 5.10 Å². The van der Waals surface area contributed by atoms with Crippen molar-refractivity contribution >= 4 is 11.9 Å². The van der Waals surface area contributed by atoms with Gasteiger partial charge in [0.2, 0.25) is 0 Å². The third-order valence-electron chi connectivity index (χ3n) is 2.47. The Morgan fingerprint density at radius 3 is 2.71 bits per heavy atom. The molecule has 0 spiro atoms. The van der Waals surface area contributed by atoms with E-state index in [0.29, 0.717) is 5.56 Å². The van der Waals surface area contributed by atoms with E-state index in [2.05, 4.69) is 10.4 Å². The van der Waals surface area contributed by atoms with Crippen LogP contribution >= 0.6 is 0 Å². The van der Waals surface area contributed by atoms with Crippen molar-refractivity contribution in [2.75, 3.05) is 6.54 Å². The van der Waals surface area contributed by atoms with E-state index in [-0.39, 0.29) is 18.9 Å². The molecule has 3 N–H and O–H groups in total. The first kappa shape index (κ1) is 13.2. The number of nitrogens with one attached hydrogen (secondary N) is 1. The predicted octanol–water partition coefficient (Wildman–Crippen LogP) is -0.706. The van der Waals surface area contributed by atoms with E-state index in [1.165, 1.54) is 6.20 Å². The summed E-state index contributed by atoms with van der Waals surface area (Å²) in [5, 5.41) is 23.9. The summed E-state index contributed by atoms with van der Waals surface area (Å²) < 4.78 is 1.57. The number of carboxylic acid groups (broad SMARTS) is 1. The zero-order valence-electron chi connectivity index (χ0n) is 9.67. The first-order chi connectivity index (χ1) is 7.93. The number of nitrogens with zero attached hydrogens (tertiary/aromatic N) is 2. The number of aryl methyl sites for hydroxylation is 1. The topological polar surface area (TPSA) is 104 Å². The van der Waals surface area contributed by atoms with Crippen LogP contribution in [0.5, 0.6) is 0 Å². The standard InChI is InChI=1S/C10H15N3O4/c1-6-7(5-12-13(6)2)9(15)11-4-3-8(14)10(16)17/h5,8,14H,3-4H2,1-2H3,(H,11,15)(H,16,17). The van der Waals surface area contributed by atoms with Gasteiger partial charge in [0.25, 0.3) is 5.91 Å². The van der Waals surface area contributed by atoms with Gasteiger partial charge in [0.05, 0.1) is 11.8 Å². The van der Waals surface area contributed by atoms with Crippen molar-refractivity contribution in [2.45, 2.75) is 19.4 Å². The van der Waals surface area contributed by atoms with Gasteiger partial charge in [-0.05, 0) is 6.92 Å². The maximum atomic E-state index is 11.6. The van der Waals surface area contributed by atoms with E-state index in [4.69, 9.17) is 10.2 Å². The zero-order chi connectivity index (χ0) is 13.0. The minimum absolute atomic E-state index is 0.0274. The molecule has 1 rings (SSSR count). The lowest BCUT2D eigenvalue weighted by atomic mass is 10.2. The Balaban J connectivity index is 2.46. The molecule has 1 aromatic rings. The van der Waals surface area contributed by atoms with Crippen molar-refractivity contribution in [3.8, 4) is 0 Å².